The first-order valence-corrected chi connectivity index (χ1v) is 12.2. The highest BCUT2D eigenvalue weighted by Gasteiger charge is 2.14. The Balaban J connectivity index is 1.71. The summed E-state index contributed by atoms with van der Waals surface area (Å²) in [6.45, 7) is 2.80. The van der Waals surface area contributed by atoms with E-state index in [0.29, 0.717) is 11.4 Å². The highest BCUT2D eigenvalue weighted by atomic mass is 32.2. The lowest BCUT2D eigenvalue weighted by molar-refractivity contribution is -0.113. The largest absolute Gasteiger partial charge is 0.383 e. The number of hydrogen-bond acceptors (Lipinski definition) is 5. The van der Waals surface area contributed by atoms with Crippen molar-refractivity contribution >= 4 is 49.8 Å². The molecule has 8 heteroatoms. The molecule has 0 radical (unpaired) electrons. The first-order chi connectivity index (χ1) is 14.4. The van der Waals surface area contributed by atoms with E-state index < -0.39 is 10.0 Å². The molecule has 0 saturated carbocycles. The van der Waals surface area contributed by atoms with Gasteiger partial charge in [0.2, 0.25) is 15.9 Å². The molecular formula is C22H25N3O3S2. The molecule has 30 heavy (non-hydrogen) atoms. The summed E-state index contributed by atoms with van der Waals surface area (Å²) < 4.78 is 23.4. The summed E-state index contributed by atoms with van der Waals surface area (Å²) >= 11 is 1.42. The molecule has 0 atom stereocenters. The first kappa shape index (κ1) is 22.1. The Morgan fingerprint density at radius 2 is 1.77 bits per heavy atom. The van der Waals surface area contributed by atoms with Gasteiger partial charge in [0, 0.05) is 11.4 Å². The molecule has 0 spiro atoms. The van der Waals surface area contributed by atoms with Crippen molar-refractivity contribution in [3.63, 3.8) is 0 Å². The molecule has 1 amide bonds. The minimum atomic E-state index is -3.86. The van der Waals surface area contributed by atoms with Crippen molar-refractivity contribution in [2.75, 3.05) is 22.9 Å². The number of thioether (sulfide) groups is 1. The zero-order chi connectivity index (χ0) is 21.6. The lowest BCUT2D eigenvalue weighted by Gasteiger charge is -2.14. The Morgan fingerprint density at radius 3 is 2.50 bits per heavy atom. The summed E-state index contributed by atoms with van der Waals surface area (Å²) in [6, 6.07) is 18.6. The molecule has 0 bridgehead atoms. The zero-order valence-corrected chi connectivity index (χ0v) is 18.4. The van der Waals surface area contributed by atoms with Gasteiger partial charge >= 0.3 is 0 Å². The monoisotopic (exact) mass is 443 g/mol. The van der Waals surface area contributed by atoms with Gasteiger partial charge in [0.05, 0.1) is 22.0 Å². The number of unbranched alkanes of at least 4 members (excludes halogenated alkanes) is 1. The molecule has 3 rings (SSSR count). The number of rotatable bonds is 9. The quantitative estimate of drug-likeness (QED) is 0.335. The van der Waals surface area contributed by atoms with Crippen molar-refractivity contribution in [1.29, 1.82) is 0 Å². The van der Waals surface area contributed by atoms with Crippen molar-refractivity contribution in [2.45, 2.75) is 29.6 Å². The van der Waals surface area contributed by atoms with Crippen molar-refractivity contribution in [2.24, 2.45) is 5.14 Å². The third-order valence-corrected chi connectivity index (χ3v) is 6.44. The molecule has 0 fully saturated rings. The van der Waals surface area contributed by atoms with Crippen LogP contribution in [0.5, 0.6) is 0 Å². The van der Waals surface area contributed by atoms with Gasteiger partial charge in [-0.1, -0.05) is 43.7 Å². The maximum absolute atomic E-state index is 12.6. The van der Waals surface area contributed by atoms with Gasteiger partial charge in [-0.2, -0.15) is 0 Å². The molecule has 3 aromatic carbocycles. The lowest BCUT2D eigenvalue weighted by atomic mass is 10.1. The molecule has 0 aliphatic rings. The van der Waals surface area contributed by atoms with E-state index in [1.54, 1.807) is 6.07 Å². The minimum absolute atomic E-state index is 0.0407. The highest BCUT2D eigenvalue weighted by Crippen LogP contribution is 2.27. The van der Waals surface area contributed by atoms with Crippen LogP contribution in [0.3, 0.4) is 0 Å². The van der Waals surface area contributed by atoms with E-state index >= 15 is 0 Å². The summed E-state index contributed by atoms with van der Waals surface area (Å²) in [7, 11) is -3.86. The number of sulfonamides is 1. The normalized spacial score (nSPS) is 11.4. The molecule has 158 valence electrons. The SMILES string of the molecule is CCCCNc1ccc(S(N)(=O)=O)cc1NC(=O)CSc1ccc2ccccc2c1. The van der Waals surface area contributed by atoms with E-state index in [1.807, 2.05) is 42.5 Å². The number of carbonyl (C=O) groups excluding carboxylic acids is 1. The molecule has 0 aliphatic carbocycles. The smallest absolute Gasteiger partial charge is 0.238 e. The fourth-order valence-corrected chi connectivity index (χ4v) is 4.23. The molecule has 4 N–H and O–H groups in total. The third kappa shape index (κ3) is 5.98. The summed E-state index contributed by atoms with van der Waals surface area (Å²) in [4.78, 5) is 13.5. The summed E-state index contributed by atoms with van der Waals surface area (Å²) in [5.41, 5.74) is 1.07. The maximum atomic E-state index is 12.6. The van der Waals surface area contributed by atoms with Crippen LogP contribution in [0.25, 0.3) is 10.8 Å². The number of anilines is 2. The molecule has 6 nitrogen and oxygen atoms in total. The standard InChI is InChI=1S/C22H25N3O3S2/c1-2-3-12-24-20-11-10-19(30(23,27)28)14-21(20)25-22(26)15-29-18-9-8-16-6-4-5-7-17(16)13-18/h4-11,13-14,24H,2-3,12,15H2,1H3,(H,25,26)(H2,23,27,28). The Hall–Kier alpha value is -2.55. The van der Waals surface area contributed by atoms with E-state index in [9.17, 15) is 13.2 Å². The van der Waals surface area contributed by atoms with Crippen LogP contribution in [-0.2, 0) is 14.8 Å². The predicted molar refractivity (Wildman–Crippen MR) is 125 cm³/mol. The van der Waals surface area contributed by atoms with Crippen LogP contribution in [0.1, 0.15) is 19.8 Å². The van der Waals surface area contributed by atoms with Gasteiger partial charge in [-0.25, -0.2) is 13.6 Å². The first-order valence-electron chi connectivity index (χ1n) is 9.69. The molecule has 0 aromatic heterocycles. The van der Waals surface area contributed by atoms with Crippen molar-refractivity contribution in [3.05, 3.63) is 60.7 Å². The lowest BCUT2D eigenvalue weighted by Crippen LogP contribution is -2.18. The van der Waals surface area contributed by atoms with Crippen molar-refractivity contribution in [3.8, 4) is 0 Å². The van der Waals surface area contributed by atoms with Gasteiger partial charge in [0.15, 0.2) is 0 Å². The number of primary sulfonamides is 1. The second kappa shape index (κ2) is 9.97. The molecule has 0 aliphatic heterocycles. The number of benzene rings is 3. The Bertz CT molecular complexity index is 1150. The molecule has 0 heterocycles. The van der Waals surface area contributed by atoms with Crippen LogP contribution in [0.15, 0.2) is 70.5 Å². The van der Waals surface area contributed by atoms with E-state index in [-0.39, 0.29) is 16.6 Å². The second-order valence-electron chi connectivity index (χ2n) is 6.88. The topological polar surface area (TPSA) is 101 Å². The maximum Gasteiger partial charge on any atom is 0.238 e. The van der Waals surface area contributed by atoms with Gasteiger partial charge in [0.25, 0.3) is 0 Å². The number of hydrogen-bond donors (Lipinski definition) is 3. The summed E-state index contributed by atoms with van der Waals surface area (Å²) in [5, 5.41) is 13.6. The fourth-order valence-electron chi connectivity index (χ4n) is 2.95. The van der Waals surface area contributed by atoms with E-state index in [2.05, 4.69) is 17.6 Å². The van der Waals surface area contributed by atoms with Crippen molar-refractivity contribution < 1.29 is 13.2 Å². The number of amides is 1. The van der Waals surface area contributed by atoms with Gasteiger partial charge in [-0.05, 0) is 47.5 Å². The van der Waals surface area contributed by atoms with E-state index in [1.165, 1.54) is 23.9 Å². The fraction of sp³-hybridized carbons (Fsp3) is 0.227. The zero-order valence-electron chi connectivity index (χ0n) is 16.7. The van der Waals surface area contributed by atoms with Crippen LogP contribution in [0.4, 0.5) is 11.4 Å². The van der Waals surface area contributed by atoms with Gasteiger partial charge in [-0.3, -0.25) is 4.79 Å². The van der Waals surface area contributed by atoms with E-state index in [4.69, 9.17) is 5.14 Å². The highest BCUT2D eigenvalue weighted by molar-refractivity contribution is 8.00. The average Bonchev–Trinajstić information content (AvgIpc) is 2.72. The van der Waals surface area contributed by atoms with Crippen LogP contribution < -0.4 is 15.8 Å². The number of carbonyl (C=O) groups is 1. The Kier molecular flexibility index (Phi) is 7.36. The minimum Gasteiger partial charge on any atom is -0.383 e. The number of nitrogens with one attached hydrogen (secondary N) is 2. The molecule has 0 unspecified atom stereocenters. The molecule has 0 saturated heterocycles. The predicted octanol–water partition coefficient (Wildman–Crippen LogP) is 4.43. The van der Waals surface area contributed by atoms with Crippen LogP contribution in [0.2, 0.25) is 0 Å². The van der Waals surface area contributed by atoms with Crippen molar-refractivity contribution in [1.82, 2.24) is 0 Å². The van der Waals surface area contributed by atoms with Gasteiger partial charge < -0.3 is 10.6 Å². The Labute approximate surface area is 181 Å². The summed E-state index contributed by atoms with van der Waals surface area (Å²) in [5.74, 6) is -0.0231. The van der Waals surface area contributed by atoms with Crippen LogP contribution >= 0.6 is 11.8 Å². The average molecular weight is 444 g/mol. The molecular weight excluding hydrogens is 418 g/mol. The molecule has 3 aromatic rings. The second-order valence-corrected chi connectivity index (χ2v) is 9.49. The van der Waals surface area contributed by atoms with Gasteiger partial charge in [-0.15, -0.1) is 11.8 Å². The summed E-state index contributed by atoms with van der Waals surface area (Å²) in [6.07, 6.45) is 1.98. The van der Waals surface area contributed by atoms with Crippen LogP contribution in [0, 0.1) is 0 Å². The van der Waals surface area contributed by atoms with E-state index in [0.717, 1.165) is 35.1 Å². The number of fused-ring (bicyclic) bond motifs is 1. The number of nitrogens with two attached hydrogens (primary N) is 1. The third-order valence-electron chi connectivity index (χ3n) is 4.53. The van der Waals surface area contributed by atoms with Gasteiger partial charge in [0.1, 0.15) is 0 Å². The Morgan fingerprint density at radius 1 is 1.00 bits per heavy atom. The van der Waals surface area contributed by atoms with Crippen LogP contribution in [-0.4, -0.2) is 26.6 Å².